The highest BCUT2D eigenvalue weighted by Crippen LogP contribution is 2.35. The van der Waals surface area contributed by atoms with Crippen molar-refractivity contribution in [3.05, 3.63) is 35.6 Å². The van der Waals surface area contributed by atoms with Gasteiger partial charge in [0.05, 0.1) is 11.8 Å². The van der Waals surface area contributed by atoms with Crippen molar-refractivity contribution < 1.29 is 19.1 Å². The Labute approximate surface area is 123 Å². The second-order valence-electron chi connectivity index (χ2n) is 5.73. The van der Waals surface area contributed by atoms with Crippen molar-refractivity contribution in [2.24, 2.45) is 5.41 Å². The third-order valence-electron chi connectivity index (χ3n) is 4.17. The number of hydrogen-bond donors (Lipinski definition) is 2. The fraction of sp³-hybridized carbons (Fsp3) is 0.500. The molecule has 1 aliphatic rings. The summed E-state index contributed by atoms with van der Waals surface area (Å²) in [5, 5.41) is 12.2. The van der Waals surface area contributed by atoms with Gasteiger partial charge in [0.25, 0.3) is 0 Å². The number of carboxylic acids is 1. The molecule has 0 spiro atoms. The molecule has 2 rings (SSSR count). The molecule has 1 saturated carbocycles. The number of nitrogens with one attached hydrogen (secondary N) is 1. The van der Waals surface area contributed by atoms with E-state index in [4.69, 9.17) is 0 Å². The number of carboxylic acid groups (broad SMARTS) is 1. The fourth-order valence-corrected chi connectivity index (χ4v) is 2.81. The topological polar surface area (TPSA) is 66.4 Å². The summed E-state index contributed by atoms with van der Waals surface area (Å²) in [5.41, 5.74) is -0.113. The first-order valence-electron chi connectivity index (χ1n) is 7.26. The maximum absolute atomic E-state index is 12.8. The molecule has 0 bridgehead atoms. The maximum Gasteiger partial charge on any atom is 0.311 e. The second kappa shape index (κ2) is 6.70. The normalized spacial score (nSPS) is 17.2. The third kappa shape index (κ3) is 4.03. The van der Waals surface area contributed by atoms with E-state index in [9.17, 15) is 19.1 Å². The van der Waals surface area contributed by atoms with Crippen LogP contribution in [-0.2, 0) is 16.0 Å². The molecular weight excluding hydrogens is 273 g/mol. The molecule has 5 heteroatoms. The Balaban J connectivity index is 1.90. The fourth-order valence-electron chi connectivity index (χ4n) is 2.81. The predicted octanol–water partition coefficient (Wildman–Crippen LogP) is 2.52. The van der Waals surface area contributed by atoms with Gasteiger partial charge in [0.1, 0.15) is 5.82 Å². The molecule has 0 unspecified atom stereocenters. The maximum atomic E-state index is 12.8. The van der Waals surface area contributed by atoms with Crippen molar-refractivity contribution in [1.29, 1.82) is 0 Å². The van der Waals surface area contributed by atoms with Gasteiger partial charge < -0.3 is 10.4 Å². The molecule has 1 aliphatic carbocycles. The first kappa shape index (κ1) is 15.5. The van der Waals surface area contributed by atoms with Gasteiger partial charge in [0.15, 0.2) is 0 Å². The van der Waals surface area contributed by atoms with Crippen molar-refractivity contribution in [2.45, 2.75) is 38.5 Å². The number of benzene rings is 1. The lowest BCUT2D eigenvalue weighted by Crippen LogP contribution is -2.44. The molecule has 0 atom stereocenters. The smallest absolute Gasteiger partial charge is 0.311 e. The Hall–Kier alpha value is -1.91. The minimum absolute atomic E-state index is 0.135. The first-order valence-corrected chi connectivity index (χ1v) is 7.26. The molecule has 0 aromatic heterocycles. The van der Waals surface area contributed by atoms with Crippen LogP contribution in [-0.4, -0.2) is 23.5 Å². The molecule has 1 aromatic carbocycles. The highest BCUT2D eigenvalue weighted by atomic mass is 19.1. The second-order valence-corrected chi connectivity index (χ2v) is 5.73. The Morgan fingerprint density at radius 2 is 1.76 bits per heavy atom. The Morgan fingerprint density at radius 3 is 2.33 bits per heavy atom. The summed E-state index contributed by atoms with van der Waals surface area (Å²) in [6.45, 7) is 0.169. The molecule has 2 N–H and O–H groups in total. The van der Waals surface area contributed by atoms with E-state index in [0.29, 0.717) is 18.4 Å². The zero-order valence-corrected chi connectivity index (χ0v) is 11.9. The van der Waals surface area contributed by atoms with Crippen LogP contribution in [0.4, 0.5) is 4.39 Å². The zero-order chi connectivity index (χ0) is 15.3. The first-order chi connectivity index (χ1) is 10.0. The average molecular weight is 293 g/mol. The number of aliphatic carboxylic acids is 1. The van der Waals surface area contributed by atoms with Gasteiger partial charge in [-0.2, -0.15) is 0 Å². The van der Waals surface area contributed by atoms with Crippen LogP contribution >= 0.6 is 0 Å². The summed E-state index contributed by atoms with van der Waals surface area (Å²) in [6.07, 6.45) is 4.19. The molecule has 0 saturated heterocycles. The molecule has 1 fully saturated rings. The van der Waals surface area contributed by atoms with Gasteiger partial charge in [-0.25, -0.2) is 4.39 Å². The van der Waals surface area contributed by atoms with E-state index in [1.165, 1.54) is 12.1 Å². The van der Waals surface area contributed by atoms with Crippen molar-refractivity contribution in [3.8, 4) is 0 Å². The van der Waals surface area contributed by atoms with Crippen LogP contribution in [0.1, 0.15) is 37.7 Å². The summed E-state index contributed by atoms with van der Waals surface area (Å²) in [6, 6.07) is 5.73. The van der Waals surface area contributed by atoms with Gasteiger partial charge >= 0.3 is 5.97 Å². The van der Waals surface area contributed by atoms with Gasteiger partial charge in [-0.05, 0) is 30.5 Å². The molecule has 1 amide bonds. The van der Waals surface area contributed by atoms with Gasteiger partial charge in [-0.15, -0.1) is 0 Å². The minimum atomic E-state index is -0.829. The Morgan fingerprint density at radius 1 is 1.14 bits per heavy atom. The predicted molar refractivity (Wildman–Crippen MR) is 76.3 cm³/mol. The highest BCUT2D eigenvalue weighted by molar-refractivity contribution is 5.80. The van der Waals surface area contributed by atoms with Gasteiger partial charge in [-0.3, -0.25) is 9.59 Å². The molecule has 114 valence electrons. The van der Waals surface area contributed by atoms with Crippen molar-refractivity contribution in [3.63, 3.8) is 0 Å². The molecule has 4 nitrogen and oxygen atoms in total. The summed E-state index contributed by atoms with van der Waals surface area (Å²) < 4.78 is 12.8. The molecule has 1 aromatic rings. The van der Waals surface area contributed by atoms with Crippen LogP contribution in [0.15, 0.2) is 24.3 Å². The summed E-state index contributed by atoms with van der Waals surface area (Å²) >= 11 is 0. The SMILES string of the molecule is O=C(Cc1ccc(F)cc1)NCC1(C(=O)O)CCCCC1. The Bertz CT molecular complexity index is 507. The van der Waals surface area contributed by atoms with E-state index >= 15 is 0 Å². The lowest BCUT2D eigenvalue weighted by atomic mass is 9.74. The number of halogens is 1. The third-order valence-corrected chi connectivity index (χ3v) is 4.17. The molecular formula is C16H20FNO3. The minimum Gasteiger partial charge on any atom is -0.481 e. The van der Waals surface area contributed by atoms with Crippen molar-refractivity contribution >= 4 is 11.9 Å². The number of hydrogen-bond acceptors (Lipinski definition) is 2. The summed E-state index contributed by atoms with van der Waals surface area (Å²) in [4.78, 5) is 23.4. The number of rotatable bonds is 5. The van der Waals surface area contributed by atoms with E-state index in [0.717, 1.165) is 19.3 Å². The summed E-state index contributed by atoms with van der Waals surface area (Å²) in [7, 11) is 0. The largest absolute Gasteiger partial charge is 0.481 e. The zero-order valence-electron chi connectivity index (χ0n) is 11.9. The average Bonchev–Trinajstić information content (AvgIpc) is 2.48. The lowest BCUT2D eigenvalue weighted by Gasteiger charge is -2.33. The van der Waals surface area contributed by atoms with Crippen LogP contribution in [0.3, 0.4) is 0 Å². The molecule has 0 radical (unpaired) electrons. The van der Waals surface area contributed by atoms with Gasteiger partial charge in [0.2, 0.25) is 5.91 Å². The number of carbonyl (C=O) groups is 2. The quantitative estimate of drug-likeness (QED) is 0.876. The number of amides is 1. The van der Waals surface area contributed by atoms with E-state index in [1.807, 2.05) is 0 Å². The van der Waals surface area contributed by atoms with Crippen LogP contribution in [0.25, 0.3) is 0 Å². The molecule has 21 heavy (non-hydrogen) atoms. The van der Waals surface area contributed by atoms with Gasteiger partial charge in [0, 0.05) is 6.54 Å². The van der Waals surface area contributed by atoms with Crippen LogP contribution in [0, 0.1) is 11.2 Å². The number of carbonyl (C=O) groups excluding carboxylic acids is 1. The van der Waals surface area contributed by atoms with Crippen molar-refractivity contribution in [1.82, 2.24) is 5.32 Å². The highest BCUT2D eigenvalue weighted by Gasteiger charge is 2.39. The lowest BCUT2D eigenvalue weighted by molar-refractivity contribution is -0.151. The van der Waals surface area contributed by atoms with E-state index < -0.39 is 11.4 Å². The van der Waals surface area contributed by atoms with Crippen LogP contribution in [0.5, 0.6) is 0 Å². The van der Waals surface area contributed by atoms with Crippen molar-refractivity contribution in [2.75, 3.05) is 6.54 Å². The Kier molecular flexibility index (Phi) is 4.94. The van der Waals surface area contributed by atoms with E-state index in [1.54, 1.807) is 12.1 Å². The van der Waals surface area contributed by atoms with Crippen LogP contribution in [0.2, 0.25) is 0 Å². The molecule has 0 aliphatic heterocycles. The monoisotopic (exact) mass is 293 g/mol. The van der Waals surface area contributed by atoms with Crippen LogP contribution < -0.4 is 5.32 Å². The van der Waals surface area contributed by atoms with E-state index in [-0.39, 0.29) is 24.7 Å². The molecule has 0 heterocycles. The van der Waals surface area contributed by atoms with Gasteiger partial charge in [-0.1, -0.05) is 31.4 Å². The standard InChI is InChI=1S/C16H20FNO3/c17-13-6-4-12(5-7-13)10-14(19)18-11-16(15(20)21)8-2-1-3-9-16/h4-7H,1-3,8-11H2,(H,18,19)(H,20,21). The van der Waals surface area contributed by atoms with E-state index in [2.05, 4.69) is 5.32 Å². The summed E-state index contributed by atoms with van der Waals surface area (Å²) in [5.74, 6) is -1.40.